The summed E-state index contributed by atoms with van der Waals surface area (Å²) in [5.74, 6) is -1.05. The molecule has 3 rings (SSSR count). The molecule has 8 heteroatoms. The number of carbonyl (C=O) groups is 1. The van der Waals surface area contributed by atoms with E-state index in [1.807, 2.05) is 0 Å². The lowest BCUT2D eigenvalue weighted by molar-refractivity contribution is -0.120. The number of hydrogen-bond acceptors (Lipinski definition) is 3. The van der Waals surface area contributed by atoms with Crippen molar-refractivity contribution in [3.05, 3.63) is 64.9 Å². The van der Waals surface area contributed by atoms with E-state index in [0.717, 1.165) is 0 Å². The Kier molecular flexibility index (Phi) is 6.14. The van der Waals surface area contributed by atoms with Crippen molar-refractivity contribution in [2.24, 2.45) is 5.92 Å². The Balaban J connectivity index is 1.57. The summed E-state index contributed by atoms with van der Waals surface area (Å²) in [6, 6.07) is 12.5. The average Bonchev–Trinajstić information content (AvgIpc) is 2.61. The van der Waals surface area contributed by atoms with E-state index in [4.69, 9.17) is 11.6 Å². The van der Waals surface area contributed by atoms with Gasteiger partial charge in [0.1, 0.15) is 5.82 Å². The van der Waals surface area contributed by atoms with Crippen molar-refractivity contribution < 1.29 is 17.6 Å². The predicted octanol–water partition coefficient (Wildman–Crippen LogP) is 3.66. The first-order chi connectivity index (χ1) is 12.8. The minimum atomic E-state index is -3.47. The Morgan fingerprint density at radius 1 is 1.15 bits per heavy atom. The highest BCUT2D eigenvalue weighted by molar-refractivity contribution is 7.88. The number of sulfonamides is 1. The number of halogens is 2. The van der Waals surface area contributed by atoms with Crippen LogP contribution in [0.1, 0.15) is 18.4 Å². The van der Waals surface area contributed by atoms with Crippen LogP contribution in [0.5, 0.6) is 0 Å². The molecule has 1 aliphatic rings. The minimum Gasteiger partial charge on any atom is -0.326 e. The van der Waals surface area contributed by atoms with Crippen LogP contribution in [0, 0.1) is 11.7 Å². The summed E-state index contributed by atoms with van der Waals surface area (Å²) in [6.45, 7) is 0.564. The molecule has 0 bridgehead atoms. The third-order valence-corrected chi connectivity index (χ3v) is 6.63. The van der Waals surface area contributed by atoms with E-state index in [1.165, 1.54) is 22.5 Å². The van der Waals surface area contributed by atoms with E-state index >= 15 is 0 Å². The van der Waals surface area contributed by atoms with Crippen molar-refractivity contribution in [1.82, 2.24) is 4.31 Å². The second-order valence-corrected chi connectivity index (χ2v) is 8.96. The lowest BCUT2D eigenvalue weighted by Crippen LogP contribution is -2.41. The molecular formula is C19H20ClFN2O3S. The fourth-order valence-electron chi connectivity index (χ4n) is 3.14. The Labute approximate surface area is 163 Å². The molecule has 1 fully saturated rings. The van der Waals surface area contributed by atoms with Crippen molar-refractivity contribution in [1.29, 1.82) is 0 Å². The quantitative estimate of drug-likeness (QED) is 0.818. The van der Waals surface area contributed by atoms with Gasteiger partial charge in [-0.05, 0) is 48.7 Å². The predicted molar refractivity (Wildman–Crippen MR) is 103 cm³/mol. The Morgan fingerprint density at radius 2 is 1.85 bits per heavy atom. The van der Waals surface area contributed by atoms with Gasteiger partial charge in [0, 0.05) is 29.7 Å². The van der Waals surface area contributed by atoms with Crippen LogP contribution >= 0.6 is 11.6 Å². The van der Waals surface area contributed by atoms with Crippen LogP contribution in [0.3, 0.4) is 0 Å². The van der Waals surface area contributed by atoms with E-state index in [2.05, 4.69) is 5.32 Å². The number of nitrogens with zero attached hydrogens (tertiary/aromatic N) is 1. The molecule has 27 heavy (non-hydrogen) atoms. The maximum atomic E-state index is 13.2. The smallest absolute Gasteiger partial charge is 0.227 e. The van der Waals surface area contributed by atoms with Gasteiger partial charge in [0.25, 0.3) is 0 Å². The van der Waals surface area contributed by atoms with Crippen molar-refractivity contribution >= 4 is 33.2 Å². The normalized spacial score (nSPS) is 16.2. The molecule has 0 saturated carbocycles. The van der Waals surface area contributed by atoms with Crippen LogP contribution in [0.15, 0.2) is 48.5 Å². The number of rotatable bonds is 5. The van der Waals surface area contributed by atoms with Crippen LogP contribution in [-0.2, 0) is 20.6 Å². The van der Waals surface area contributed by atoms with Gasteiger partial charge < -0.3 is 5.32 Å². The van der Waals surface area contributed by atoms with Gasteiger partial charge in [-0.2, -0.15) is 0 Å². The lowest BCUT2D eigenvalue weighted by Gasteiger charge is -2.30. The van der Waals surface area contributed by atoms with Crippen LogP contribution in [0.4, 0.5) is 10.1 Å². The van der Waals surface area contributed by atoms with E-state index in [9.17, 15) is 17.6 Å². The van der Waals surface area contributed by atoms with Crippen LogP contribution in [-0.4, -0.2) is 31.7 Å². The monoisotopic (exact) mass is 410 g/mol. The van der Waals surface area contributed by atoms with E-state index in [-0.39, 0.29) is 30.7 Å². The molecule has 144 valence electrons. The number of benzene rings is 2. The van der Waals surface area contributed by atoms with Crippen LogP contribution in [0.2, 0.25) is 5.02 Å². The van der Waals surface area contributed by atoms with Crippen LogP contribution in [0.25, 0.3) is 0 Å². The number of anilines is 1. The Bertz CT molecular complexity index is 928. The average molecular weight is 411 g/mol. The zero-order valence-corrected chi connectivity index (χ0v) is 16.1. The number of piperidine rings is 1. The maximum Gasteiger partial charge on any atom is 0.227 e. The van der Waals surface area contributed by atoms with Gasteiger partial charge in [-0.15, -0.1) is 0 Å². The second-order valence-electron chi connectivity index (χ2n) is 6.56. The Hall–Kier alpha value is -1.96. The Morgan fingerprint density at radius 3 is 2.52 bits per heavy atom. The summed E-state index contributed by atoms with van der Waals surface area (Å²) < 4.78 is 39.9. The van der Waals surface area contributed by atoms with Crippen molar-refractivity contribution in [2.75, 3.05) is 18.4 Å². The molecular weight excluding hydrogens is 391 g/mol. The molecule has 2 aromatic rings. The highest BCUT2D eigenvalue weighted by atomic mass is 35.5. The van der Waals surface area contributed by atoms with Gasteiger partial charge in [-0.1, -0.05) is 29.8 Å². The molecule has 0 aliphatic carbocycles. The van der Waals surface area contributed by atoms with E-state index in [1.54, 1.807) is 30.3 Å². The van der Waals surface area contributed by atoms with Gasteiger partial charge in [-0.3, -0.25) is 4.79 Å². The first kappa shape index (κ1) is 19.8. The maximum absolute atomic E-state index is 13.2. The molecule has 0 unspecified atom stereocenters. The SMILES string of the molecule is O=C(Nc1cccc(F)c1)C1CCN(S(=O)(=O)Cc2cccc(Cl)c2)CC1. The van der Waals surface area contributed by atoms with Crippen LogP contribution < -0.4 is 5.32 Å². The lowest BCUT2D eigenvalue weighted by atomic mass is 9.97. The third kappa shape index (κ3) is 5.28. The minimum absolute atomic E-state index is 0.117. The van der Waals surface area contributed by atoms with Gasteiger partial charge in [0.15, 0.2) is 0 Å². The number of amides is 1. The molecule has 1 N–H and O–H groups in total. The summed E-state index contributed by atoms with van der Waals surface area (Å²) in [5.41, 5.74) is 1.03. The van der Waals surface area contributed by atoms with Gasteiger partial charge in [-0.25, -0.2) is 17.1 Å². The molecule has 1 heterocycles. The molecule has 2 aromatic carbocycles. The zero-order chi connectivity index (χ0) is 19.4. The van der Waals surface area contributed by atoms with Crippen molar-refractivity contribution in [3.63, 3.8) is 0 Å². The third-order valence-electron chi connectivity index (χ3n) is 4.55. The summed E-state index contributed by atoms with van der Waals surface area (Å²) in [4.78, 5) is 12.3. The molecule has 0 aromatic heterocycles. The number of carbonyl (C=O) groups excluding carboxylic acids is 1. The first-order valence-electron chi connectivity index (χ1n) is 8.62. The van der Waals surface area contributed by atoms with Crippen molar-refractivity contribution in [2.45, 2.75) is 18.6 Å². The molecule has 1 amide bonds. The fraction of sp³-hybridized carbons (Fsp3) is 0.316. The summed E-state index contributed by atoms with van der Waals surface area (Å²) in [6.07, 6.45) is 0.853. The van der Waals surface area contributed by atoms with E-state index < -0.39 is 15.8 Å². The van der Waals surface area contributed by atoms with Gasteiger partial charge >= 0.3 is 0 Å². The highest BCUT2D eigenvalue weighted by Crippen LogP contribution is 2.24. The summed E-state index contributed by atoms with van der Waals surface area (Å²) in [7, 11) is -3.47. The number of hydrogen-bond donors (Lipinski definition) is 1. The molecule has 1 aliphatic heterocycles. The standard InChI is InChI=1S/C19H20ClFN2O3S/c20-16-4-1-3-14(11-16)13-27(25,26)23-9-7-15(8-10-23)19(24)22-18-6-2-5-17(21)12-18/h1-6,11-12,15H,7-10,13H2,(H,22,24). The molecule has 0 radical (unpaired) electrons. The highest BCUT2D eigenvalue weighted by Gasteiger charge is 2.31. The van der Waals surface area contributed by atoms with Crippen molar-refractivity contribution in [3.8, 4) is 0 Å². The first-order valence-corrected chi connectivity index (χ1v) is 10.6. The molecule has 0 spiro atoms. The largest absolute Gasteiger partial charge is 0.326 e. The molecule has 0 atom stereocenters. The van der Waals surface area contributed by atoms with Gasteiger partial charge in [0.05, 0.1) is 5.75 Å². The summed E-state index contributed by atoms with van der Waals surface area (Å²) in [5, 5.41) is 3.19. The molecule has 5 nitrogen and oxygen atoms in total. The van der Waals surface area contributed by atoms with Gasteiger partial charge in [0.2, 0.25) is 15.9 Å². The zero-order valence-electron chi connectivity index (χ0n) is 14.6. The molecule has 1 saturated heterocycles. The second kappa shape index (κ2) is 8.37. The fourth-order valence-corrected chi connectivity index (χ4v) is 4.90. The number of nitrogens with one attached hydrogen (secondary N) is 1. The van der Waals surface area contributed by atoms with E-state index in [0.29, 0.717) is 29.1 Å². The topological polar surface area (TPSA) is 66.5 Å². The summed E-state index contributed by atoms with van der Waals surface area (Å²) >= 11 is 5.91.